The van der Waals surface area contributed by atoms with E-state index in [0.717, 1.165) is 32.0 Å². The van der Waals surface area contributed by atoms with Crippen molar-refractivity contribution in [3.05, 3.63) is 42.0 Å². The number of nitrogens with one attached hydrogen (secondary N) is 2. The zero-order chi connectivity index (χ0) is 20.7. The molecule has 1 saturated heterocycles. The van der Waals surface area contributed by atoms with Crippen molar-refractivity contribution in [2.24, 2.45) is 4.99 Å². The number of nitrogens with zero attached hydrogens (tertiary/aromatic N) is 2. The van der Waals surface area contributed by atoms with Crippen molar-refractivity contribution in [2.75, 3.05) is 37.7 Å². The number of rotatable bonds is 6. The minimum atomic E-state index is -2.99. The number of sulfone groups is 1. The third-order valence-electron chi connectivity index (χ3n) is 5.19. The van der Waals surface area contributed by atoms with Gasteiger partial charge >= 0.3 is 0 Å². The van der Waals surface area contributed by atoms with Crippen molar-refractivity contribution in [2.45, 2.75) is 32.2 Å². The van der Waals surface area contributed by atoms with Crippen LogP contribution in [0.25, 0.3) is 5.57 Å². The highest BCUT2D eigenvalue weighted by Gasteiger charge is 2.28. The molecule has 2 aliphatic rings. The van der Waals surface area contributed by atoms with E-state index in [2.05, 4.69) is 50.9 Å². The Hall–Kier alpha value is -2.35. The van der Waals surface area contributed by atoms with Gasteiger partial charge in [0.05, 0.1) is 18.1 Å². The summed E-state index contributed by atoms with van der Waals surface area (Å²) in [6.07, 6.45) is 3.94. The molecule has 1 aromatic carbocycles. The van der Waals surface area contributed by atoms with Gasteiger partial charge in [-0.3, -0.25) is 9.79 Å². The summed E-state index contributed by atoms with van der Waals surface area (Å²) in [5, 5.41) is 6.11. The maximum Gasteiger partial charge on any atom is 0.222 e. The van der Waals surface area contributed by atoms with Crippen molar-refractivity contribution in [3.8, 4) is 0 Å². The van der Waals surface area contributed by atoms with Crippen LogP contribution in [0, 0.1) is 0 Å². The van der Waals surface area contributed by atoms with Crippen LogP contribution in [0.5, 0.6) is 0 Å². The van der Waals surface area contributed by atoms with E-state index >= 15 is 0 Å². The van der Waals surface area contributed by atoms with Crippen molar-refractivity contribution in [1.29, 1.82) is 0 Å². The first kappa shape index (κ1) is 21.4. The molecule has 0 spiro atoms. The molecule has 0 radical (unpaired) electrons. The van der Waals surface area contributed by atoms with E-state index in [9.17, 15) is 13.2 Å². The van der Waals surface area contributed by atoms with E-state index in [1.165, 1.54) is 11.1 Å². The van der Waals surface area contributed by atoms with Gasteiger partial charge in [-0.2, -0.15) is 0 Å². The van der Waals surface area contributed by atoms with Gasteiger partial charge < -0.3 is 15.5 Å². The standard InChI is InChI=1S/C21H30N4O3S/c1-2-22-21(23-12-8-20(26)24-19-11-15-29(27,28)16-19)25-13-9-18(10-14-25)17-6-4-3-5-7-17/h3-7,9,19H,2,8,10-16H2,1H3,(H,22,23)(H,24,26). The van der Waals surface area contributed by atoms with Gasteiger partial charge in [-0.25, -0.2) is 8.42 Å². The Morgan fingerprint density at radius 2 is 2.07 bits per heavy atom. The van der Waals surface area contributed by atoms with E-state index < -0.39 is 9.84 Å². The maximum absolute atomic E-state index is 12.1. The van der Waals surface area contributed by atoms with Gasteiger partial charge in [-0.15, -0.1) is 0 Å². The minimum Gasteiger partial charge on any atom is -0.357 e. The van der Waals surface area contributed by atoms with Gasteiger partial charge in [0.2, 0.25) is 5.91 Å². The molecule has 2 N–H and O–H groups in total. The Morgan fingerprint density at radius 1 is 1.28 bits per heavy atom. The summed E-state index contributed by atoms with van der Waals surface area (Å²) in [4.78, 5) is 18.9. The molecule has 1 fully saturated rings. The van der Waals surface area contributed by atoms with Gasteiger partial charge in [0.1, 0.15) is 0 Å². The van der Waals surface area contributed by atoms with Gasteiger partial charge in [0, 0.05) is 32.1 Å². The lowest BCUT2D eigenvalue weighted by molar-refractivity contribution is -0.121. The number of carbonyl (C=O) groups is 1. The molecule has 3 rings (SSSR count). The zero-order valence-electron chi connectivity index (χ0n) is 16.9. The fraction of sp³-hybridized carbons (Fsp3) is 0.524. The highest BCUT2D eigenvalue weighted by atomic mass is 32.2. The zero-order valence-corrected chi connectivity index (χ0v) is 17.7. The lowest BCUT2D eigenvalue weighted by Gasteiger charge is -2.30. The van der Waals surface area contributed by atoms with Crippen LogP contribution >= 0.6 is 0 Å². The number of carbonyl (C=O) groups excluding carboxylic acids is 1. The van der Waals surface area contributed by atoms with Gasteiger partial charge in [0.25, 0.3) is 0 Å². The molecule has 158 valence electrons. The topological polar surface area (TPSA) is 90.9 Å². The SMILES string of the molecule is CCNC(=NCCC(=O)NC1CCS(=O)(=O)C1)N1CC=C(c2ccccc2)CC1. The molecular formula is C21H30N4O3S. The molecule has 1 unspecified atom stereocenters. The second-order valence-electron chi connectivity index (χ2n) is 7.44. The van der Waals surface area contributed by atoms with Crippen LogP contribution in [0.15, 0.2) is 41.4 Å². The molecule has 0 aromatic heterocycles. The first-order valence-corrected chi connectivity index (χ1v) is 12.1. The Morgan fingerprint density at radius 3 is 2.69 bits per heavy atom. The summed E-state index contributed by atoms with van der Waals surface area (Å²) in [5.41, 5.74) is 2.61. The van der Waals surface area contributed by atoms with Gasteiger partial charge in [-0.1, -0.05) is 36.4 Å². The summed E-state index contributed by atoms with van der Waals surface area (Å²) >= 11 is 0. The average molecular weight is 419 g/mol. The van der Waals surface area contributed by atoms with E-state index in [0.29, 0.717) is 13.0 Å². The van der Waals surface area contributed by atoms with Crippen LogP contribution in [0.2, 0.25) is 0 Å². The molecule has 8 heteroatoms. The van der Waals surface area contributed by atoms with Crippen LogP contribution < -0.4 is 10.6 Å². The van der Waals surface area contributed by atoms with E-state index in [1.807, 2.05) is 13.0 Å². The summed E-state index contributed by atoms with van der Waals surface area (Å²) in [7, 11) is -2.99. The number of hydrogen-bond acceptors (Lipinski definition) is 4. The lowest BCUT2D eigenvalue weighted by Crippen LogP contribution is -2.43. The minimum absolute atomic E-state index is 0.0501. The number of hydrogen-bond donors (Lipinski definition) is 2. The highest BCUT2D eigenvalue weighted by molar-refractivity contribution is 7.91. The smallest absolute Gasteiger partial charge is 0.222 e. The number of benzene rings is 1. The number of guanidine groups is 1. The van der Waals surface area contributed by atoms with Crippen molar-refractivity contribution in [3.63, 3.8) is 0 Å². The van der Waals surface area contributed by atoms with Crippen LogP contribution in [-0.4, -0.2) is 68.9 Å². The van der Waals surface area contributed by atoms with Crippen LogP contribution in [0.1, 0.15) is 31.7 Å². The summed E-state index contributed by atoms with van der Waals surface area (Å²) in [5.74, 6) is 0.881. The molecule has 1 atom stereocenters. The lowest BCUT2D eigenvalue weighted by atomic mass is 10.00. The normalized spacial score (nSPS) is 21.6. The Kier molecular flexibility index (Phi) is 7.30. The predicted molar refractivity (Wildman–Crippen MR) is 116 cm³/mol. The Bertz CT molecular complexity index is 865. The molecule has 0 bridgehead atoms. The predicted octanol–water partition coefficient (Wildman–Crippen LogP) is 1.43. The fourth-order valence-electron chi connectivity index (χ4n) is 3.67. The third kappa shape index (κ3) is 6.32. The molecule has 1 aromatic rings. The van der Waals surface area contributed by atoms with Crippen LogP contribution in [-0.2, 0) is 14.6 Å². The second kappa shape index (κ2) is 9.91. The molecular weight excluding hydrogens is 388 g/mol. The van der Waals surface area contributed by atoms with Gasteiger partial charge in [-0.05, 0) is 30.9 Å². The number of amides is 1. The quantitative estimate of drug-likeness (QED) is 0.539. The summed E-state index contributed by atoms with van der Waals surface area (Å²) < 4.78 is 23.0. The van der Waals surface area contributed by atoms with Crippen molar-refractivity contribution in [1.82, 2.24) is 15.5 Å². The second-order valence-corrected chi connectivity index (χ2v) is 9.67. The fourth-order valence-corrected chi connectivity index (χ4v) is 5.35. The van der Waals surface area contributed by atoms with Crippen LogP contribution in [0.3, 0.4) is 0 Å². The maximum atomic E-state index is 12.1. The summed E-state index contributed by atoms with van der Waals surface area (Å²) in [6, 6.07) is 10.1. The molecule has 0 saturated carbocycles. The highest BCUT2D eigenvalue weighted by Crippen LogP contribution is 2.22. The first-order valence-electron chi connectivity index (χ1n) is 10.2. The summed E-state index contributed by atoms with van der Waals surface area (Å²) in [6.45, 7) is 4.81. The molecule has 0 aliphatic carbocycles. The average Bonchev–Trinajstić information content (AvgIpc) is 3.06. The van der Waals surface area contributed by atoms with E-state index in [1.54, 1.807) is 0 Å². The van der Waals surface area contributed by atoms with E-state index in [4.69, 9.17) is 0 Å². The molecule has 29 heavy (non-hydrogen) atoms. The van der Waals surface area contributed by atoms with Crippen LogP contribution in [0.4, 0.5) is 0 Å². The van der Waals surface area contributed by atoms with Crippen molar-refractivity contribution < 1.29 is 13.2 Å². The van der Waals surface area contributed by atoms with Crippen molar-refractivity contribution >= 4 is 27.3 Å². The number of aliphatic imine (C=N–C) groups is 1. The van der Waals surface area contributed by atoms with E-state index in [-0.39, 0.29) is 29.9 Å². The third-order valence-corrected chi connectivity index (χ3v) is 6.95. The Labute approximate surface area is 173 Å². The molecule has 2 heterocycles. The largest absolute Gasteiger partial charge is 0.357 e. The molecule has 7 nitrogen and oxygen atoms in total. The monoisotopic (exact) mass is 418 g/mol. The first-order chi connectivity index (χ1) is 14.0. The van der Waals surface area contributed by atoms with Gasteiger partial charge in [0.15, 0.2) is 15.8 Å². The molecule has 1 amide bonds. The Balaban J connectivity index is 1.51. The molecule has 2 aliphatic heterocycles.